The van der Waals surface area contributed by atoms with Gasteiger partial charge in [-0.1, -0.05) is 13.3 Å². The number of hydrogen-bond donors (Lipinski definition) is 1. The van der Waals surface area contributed by atoms with Crippen LogP contribution in [0.5, 0.6) is 0 Å². The molecule has 2 aliphatic rings. The molecule has 0 aliphatic heterocycles. The second-order valence-corrected chi connectivity index (χ2v) is 5.90. The van der Waals surface area contributed by atoms with Crippen molar-refractivity contribution in [3.05, 3.63) is 24.3 Å². The highest BCUT2D eigenvalue weighted by Gasteiger charge is 2.43. The van der Waals surface area contributed by atoms with Crippen LogP contribution in [0.4, 0.5) is 0 Å². The van der Waals surface area contributed by atoms with Crippen LogP contribution in [0.1, 0.15) is 50.8 Å². The number of hydrogen-bond acceptors (Lipinski definition) is 3. The molecule has 3 heteroatoms. The minimum Gasteiger partial charge on any atom is -0.308 e. The van der Waals surface area contributed by atoms with Crippen LogP contribution in [-0.2, 0) is 0 Å². The molecule has 1 aromatic heterocycles. The molecular formula is C15H23N3. The van der Waals surface area contributed by atoms with Crippen molar-refractivity contribution in [1.29, 1.82) is 0 Å². The fraction of sp³-hybridized carbons (Fsp3) is 0.733. The van der Waals surface area contributed by atoms with Gasteiger partial charge in [-0.15, -0.1) is 0 Å². The van der Waals surface area contributed by atoms with Crippen molar-refractivity contribution in [3.63, 3.8) is 0 Å². The maximum absolute atomic E-state index is 4.54. The summed E-state index contributed by atoms with van der Waals surface area (Å²) in [6.07, 6.45) is 12.4. The molecule has 0 amide bonds. The van der Waals surface area contributed by atoms with E-state index in [-0.39, 0.29) is 0 Å². The third kappa shape index (κ3) is 2.28. The van der Waals surface area contributed by atoms with E-state index in [1.165, 1.54) is 32.1 Å². The summed E-state index contributed by atoms with van der Waals surface area (Å²) in [5.74, 6) is 2.70. The van der Waals surface area contributed by atoms with Gasteiger partial charge >= 0.3 is 0 Å². The summed E-state index contributed by atoms with van der Waals surface area (Å²) in [5.41, 5.74) is 1.14. The van der Waals surface area contributed by atoms with Crippen LogP contribution in [0, 0.1) is 17.8 Å². The van der Waals surface area contributed by atoms with Crippen LogP contribution in [0.25, 0.3) is 0 Å². The van der Waals surface area contributed by atoms with Crippen LogP contribution in [0.3, 0.4) is 0 Å². The first kappa shape index (κ1) is 12.1. The normalized spacial score (nSPS) is 31.7. The van der Waals surface area contributed by atoms with Crippen LogP contribution < -0.4 is 5.32 Å². The van der Waals surface area contributed by atoms with Gasteiger partial charge in [-0.2, -0.15) is 0 Å². The molecule has 4 atom stereocenters. The Kier molecular flexibility index (Phi) is 3.59. The summed E-state index contributed by atoms with van der Waals surface area (Å²) >= 11 is 0. The van der Waals surface area contributed by atoms with E-state index in [2.05, 4.69) is 22.2 Å². The van der Waals surface area contributed by atoms with Gasteiger partial charge in [0.15, 0.2) is 0 Å². The first-order valence-corrected chi connectivity index (χ1v) is 7.37. The van der Waals surface area contributed by atoms with Crippen LogP contribution in [0.2, 0.25) is 0 Å². The van der Waals surface area contributed by atoms with Crippen molar-refractivity contribution in [3.8, 4) is 0 Å². The second-order valence-electron chi connectivity index (χ2n) is 5.90. The molecular weight excluding hydrogens is 222 g/mol. The van der Waals surface area contributed by atoms with Gasteiger partial charge in [0.1, 0.15) is 0 Å². The Morgan fingerprint density at radius 1 is 1.33 bits per heavy atom. The summed E-state index contributed by atoms with van der Waals surface area (Å²) in [4.78, 5) is 8.78. The Labute approximate surface area is 109 Å². The van der Waals surface area contributed by atoms with E-state index < -0.39 is 0 Å². The van der Waals surface area contributed by atoms with Crippen molar-refractivity contribution in [2.45, 2.75) is 45.1 Å². The quantitative estimate of drug-likeness (QED) is 0.866. The Hall–Kier alpha value is -0.960. The maximum Gasteiger partial charge on any atom is 0.0758 e. The topological polar surface area (TPSA) is 37.8 Å². The molecule has 1 N–H and O–H groups in total. The van der Waals surface area contributed by atoms with E-state index in [4.69, 9.17) is 0 Å². The SMILES string of the molecule is CCCNC(c1cnccn1)C1CC2CCC1C2. The lowest BCUT2D eigenvalue weighted by Gasteiger charge is -2.30. The molecule has 3 nitrogen and oxygen atoms in total. The molecule has 2 bridgehead atoms. The first-order valence-electron chi connectivity index (χ1n) is 7.37. The van der Waals surface area contributed by atoms with Crippen LogP contribution in [-0.4, -0.2) is 16.5 Å². The monoisotopic (exact) mass is 245 g/mol. The van der Waals surface area contributed by atoms with Gasteiger partial charge in [0.2, 0.25) is 0 Å². The van der Waals surface area contributed by atoms with E-state index in [0.29, 0.717) is 6.04 Å². The van der Waals surface area contributed by atoms with Gasteiger partial charge in [-0.25, -0.2) is 0 Å². The molecule has 98 valence electrons. The van der Waals surface area contributed by atoms with Gasteiger partial charge in [0.25, 0.3) is 0 Å². The average molecular weight is 245 g/mol. The smallest absolute Gasteiger partial charge is 0.0758 e. The highest BCUT2D eigenvalue weighted by molar-refractivity contribution is 5.08. The zero-order valence-electron chi connectivity index (χ0n) is 11.2. The van der Waals surface area contributed by atoms with Crippen molar-refractivity contribution in [1.82, 2.24) is 15.3 Å². The van der Waals surface area contributed by atoms with Gasteiger partial charge in [0.05, 0.1) is 11.7 Å². The van der Waals surface area contributed by atoms with E-state index in [0.717, 1.165) is 30.0 Å². The Balaban J connectivity index is 1.77. The van der Waals surface area contributed by atoms with Crippen molar-refractivity contribution < 1.29 is 0 Å². The predicted molar refractivity (Wildman–Crippen MR) is 72.0 cm³/mol. The average Bonchev–Trinajstić information content (AvgIpc) is 3.03. The summed E-state index contributed by atoms with van der Waals surface area (Å²) in [7, 11) is 0. The van der Waals surface area contributed by atoms with Gasteiger partial charge < -0.3 is 5.32 Å². The Bertz CT molecular complexity index is 379. The predicted octanol–water partition coefficient (Wildman–Crippen LogP) is 2.95. The summed E-state index contributed by atoms with van der Waals surface area (Å²) in [6.45, 7) is 3.30. The number of rotatable bonds is 5. The van der Waals surface area contributed by atoms with Crippen molar-refractivity contribution in [2.75, 3.05) is 6.54 Å². The second kappa shape index (κ2) is 5.35. The Morgan fingerprint density at radius 2 is 2.28 bits per heavy atom. The van der Waals surface area contributed by atoms with E-state index in [9.17, 15) is 0 Å². The maximum atomic E-state index is 4.54. The summed E-state index contributed by atoms with van der Waals surface area (Å²) in [6, 6.07) is 0.425. The molecule has 18 heavy (non-hydrogen) atoms. The molecule has 2 aliphatic carbocycles. The third-order valence-electron chi connectivity index (χ3n) is 4.74. The van der Waals surface area contributed by atoms with E-state index >= 15 is 0 Å². The third-order valence-corrected chi connectivity index (χ3v) is 4.74. The summed E-state index contributed by atoms with van der Waals surface area (Å²) in [5, 5.41) is 3.71. The highest BCUT2D eigenvalue weighted by atomic mass is 15.0. The number of fused-ring (bicyclic) bond motifs is 2. The fourth-order valence-electron chi connectivity index (χ4n) is 3.95. The molecule has 1 aromatic rings. The van der Waals surface area contributed by atoms with Crippen LogP contribution >= 0.6 is 0 Å². The lowest BCUT2D eigenvalue weighted by Crippen LogP contribution is -2.32. The molecule has 0 aromatic carbocycles. The molecule has 2 fully saturated rings. The Morgan fingerprint density at radius 3 is 2.89 bits per heavy atom. The van der Waals surface area contributed by atoms with Crippen LogP contribution in [0.15, 0.2) is 18.6 Å². The molecule has 0 spiro atoms. The van der Waals surface area contributed by atoms with E-state index in [1.807, 2.05) is 12.4 Å². The molecule has 1 heterocycles. The number of nitrogens with one attached hydrogen (secondary N) is 1. The lowest BCUT2D eigenvalue weighted by atomic mass is 9.82. The zero-order chi connectivity index (χ0) is 12.4. The highest BCUT2D eigenvalue weighted by Crippen LogP contribution is 2.52. The molecule has 0 radical (unpaired) electrons. The molecule has 3 rings (SSSR count). The van der Waals surface area contributed by atoms with Crippen molar-refractivity contribution in [2.24, 2.45) is 17.8 Å². The standard InChI is InChI=1S/C15H23N3/c1-2-5-18-15(14-10-16-6-7-17-14)13-9-11-3-4-12(13)8-11/h6-7,10-13,15,18H,2-5,8-9H2,1H3. The fourth-order valence-corrected chi connectivity index (χ4v) is 3.95. The molecule has 0 saturated heterocycles. The molecule has 4 unspecified atom stereocenters. The van der Waals surface area contributed by atoms with E-state index in [1.54, 1.807) is 6.20 Å². The minimum atomic E-state index is 0.425. The summed E-state index contributed by atoms with van der Waals surface area (Å²) < 4.78 is 0. The van der Waals surface area contributed by atoms with Gasteiger partial charge in [-0.05, 0) is 50.0 Å². The molecule has 2 saturated carbocycles. The van der Waals surface area contributed by atoms with Gasteiger partial charge in [-0.3, -0.25) is 9.97 Å². The largest absolute Gasteiger partial charge is 0.308 e. The lowest BCUT2D eigenvalue weighted by molar-refractivity contribution is 0.247. The first-order chi connectivity index (χ1) is 8.88. The van der Waals surface area contributed by atoms with Crippen molar-refractivity contribution >= 4 is 0 Å². The number of aromatic nitrogens is 2. The number of nitrogens with zero attached hydrogens (tertiary/aromatic N) is 2. The van der Waals surface area contributed by atoms with Gasteiger partial charge in [0, 0.05) is 18.6 Å². The zero-order valence-corrected chi connectivity index (χ0v) is 11.2. The minimum absolute atomic E-state index is 0.425.